The molecule has 4 heterocycles. The summed E-state index contributed by atoms with van der Waals surface area (Å²) in [7, 11) is 0. The van der Waals surface area contributed by atoms with E-state index in [0.29, 0.717) is 35.8 Å². The SMILES string of the molecule is C[C@@H]1CN(C(=O)C2CCCN(c3cccc4c3C(=O)N(Cc3nc(-c5ccccc5)cs3)C4=O)C2)C[C@H](C)O1. The Hall–Kier alpha value is -3.56. The molecule has 8 nitrogen and oxygen atoms in total. The van der Waals surface area contributed by atoms with Crippen molar-refractivity contribution in [2.24, 2.45) is 5.92 Å². The van der Waals surface area contributed by atoms with Gasteiger partial charge in [-0.1, -0.05) is 36.4 Å². The van der Waals surface area contributed by atoms with E-state index < -0.39 is 0 Å². The van der Waals surface area contributed by atoms with Crippen LogP contribution in [-0.4, -0.2) is 70.9 Å². The van der Waals surface area contributed by atoms with Gasteiger partial charge in [0.05, 0.1) is 47.2 Å². The molecule has 2 aromatic carbocycles. The third-order valence-electron chi connectivity index (χ3n) is 7.73. The molecule has 3 amide bonds. The third kappa shape index (κ3) is 4.96. The fourth-order valence-corrected chi connectivity index (χ4v) is 6.79. The minimum atomic E-state index is -0.300. The molecule has 9 heteroatoms. The normalized spacial score (nSPS) is 23.3. The van der Waals surface area contributed by atoms with Crippen molar-refractivity contribution >= 4 is 34.7 Å². The smallest absolute Gasteiger partial charge is 0.264 e. The van der Waals surface area contributed by atoms with Gasteiger partial charge in [0, 0.05) is 37.1 Å². The van der Waals surface area contributed by atoms with Crippen LogP contribution in [-0.2, 0) is 16.1 Å². The standard InChI is InChI=1S/C30H32N4O4S/c1-19-14-33(15-20(2)38-19)28(35)22-10-7-13-32(16-22)25-12-6-11-23-27(25)30(37)34(29(23)36)17-26-31-24(18-39-26)21-8-4-3-5-9-21/h3-6,8-9,11-12,18-20,22H,7,10,13-17H2,1-2H3/t19-,20+,22?. The van der Waals surface area contributed by atoms with Gasteiger partial charge < -0.3 is 14.5 Å². The van der Waals surface area contributed by atoms with Crippen LogP contribution in [0.5, 0.6) is 0 Å². The molecule has 202 valence electrons. The van der Waals surface area contributed by atoms with E-state index in [-0.39, 0.29) is 42.4 Å². The molecule has 6 rings (SSSR count). The second-order valence-corrected chi connectivity index (χ2v) is 11.6. The number of carbonyl (C=O) groups excluding carboxylic acids is 3. The highest BCUT2D eigenvalue weighted by Gasteiger charge is 2.40. The fraction of sp³-hybridized carbons (Fsp3) is 0.400. The Morgan fingerprint density at radius 2 is 1.77 bits per heavy atom. The van der Waals surface area contributed by atoms with E-state index in [9.17, 15) is 14.4 Å². The molecule has 0 spiro atoms. The Morgan fingerprint density at radius 1 is 1.00 bits per heavy atom. The van der Waals surface area contributed by atoms with E-state index in [2.05, 4.69) is 9.88 Å². The molecule has 3 aliphatic heterocycles. The van der Waals surface area contributed by atoms with Crippen molar-refractivity contribution < 1.29 is 19.1 Å². The molecular formula is C30H32N4O4S. The summed E-state index contributed by atoms with van der Waals surface area (Å²) in [6, 6.07) is 15.3. The zero-order chi connectivity index (χ0) is 27.1. The van der Waals surface area contributed by atoms with Crippen molar-refractivity contribution in [1.82, 2.24) is 14.8 Å². The number of morpholine rings is 1. The number of carbonyl (C=O) groups is 3. The fourth-order valence-electron chi connectivity index (χ4n) is 6.00. The Bertz CT molecular complexity index is 1400. The molecule has 1 aromatic heterocycles. The third-order valence-corrected chi connectivity index (χ3v) is 8.57. The summed E-state index contributed by atoms with van der Waals surface area (Å²) in [5, 5.41) is 2.66. The molecule has 0 aliphatic carbocycles. The van der Waals surface area contributed by atoms with Crippen molar-refractivity contribution in [2.45, 2.75) is 45.4 Å². The number of anilines is 1. The van der Waals surface area contributed by atoms with Crippen molar-refractivity contribution in [2.75, 3.05) is 31.1 Å². The number of ether oxygens (including phenoxy) is 1. The van der Waals surface area contributed by atoms with E-state index >= 15 is 0 Å². The molecule has 3 aliphatic rings. The Kier molecular flexibility index (Phi) is 6.95. The maximum Gasteiger partial charge on any atom is 0.264 e. The van der Waals surface area contributed by atoms with Crippen LogP contribution in [0.15, 0.2) is 53.9 Å². The number of nitrogens with zero attached hydrogens (tertiary/aromatic N) is 4. The molecule has 3 atom stereocenters. The molecule has 1 unspecified atom stereocenters. The number of hydrogen-bond donors (Lipinski definition) is 0. The quantitative estimate of drug-likeness (QED) is 0.441. The molecule has 3 aromatic rings. The first kappa shape index (κ1) is 25.7. The number of aromatic nitrogens is 1. The van der Waals surface area contributed by atoms with Crippen LogP contribution in [0.3, 0.4) is 0 Å². The van der Waals surface area contributed by atoms with Gasteiger partial charge in [-0.05, 0) is 38.8 Å². The predicted molar refractivity (Wildman–Crippen MR) is 150 cm³/mol. The lowest BCUT2D eigenvalue weighted by atomic mass is 9.94. The monoisotopic (exact) mass is 544 g/mol. The van der Waals surface area contributed by atoms with Gasteiger partial charge in [0.25, 0.3) is 11.8 Å². The largest absolute Gasteiger partial charge is 0.372 e. The van der Waals surface area contributed by atoms with Gasteiger partial charge in [-0.15, -0.1) is 11.3 Å². The molecule has 0 radical (unpaired) electrons. The first-order valence-corrected chi connectivity index (χ1v) is 14.4. The van der Waals surface area contributed by atoms with Crippen LogP contribution < -0.4 is 4.90 Å². The van der Waals surface area contributed by atoms with Gasteiger partial charge in [-0.3, -0.25) is 19.3 Å². The van der Waals surface area contributed by atoms with Crippen LogP contribution in [0.1, 0.15) is 52.4 Å². The number of thiazole rings is 1. The van der Waals surface area contributed by atoms with Gasteiger partial charge in [0.1, 0.15) is 5.01 Å². The van der Waals surface area contributed by atoms with E-state index in [4.69, 9.17) is 4.74 Å². The average Bonchev–Trinajstić information content (AvgIpc) is 3.52. The molecule has 0 saturated carbocycles. The molecule has 0 bridgehead atoms. The van der Waals surface area contributed by atoms with Gasteiger partial charge in [0.2, 0.25) is 5.91 Å². The van der Waals surface area contributed by atoms with E-state index in [1.807, 2.05) is 66.6 Å². The Morgan fingerprint density at radius 3 is 2.54 bits per heavy atom. The number of amides is 3. The highest BCUT2D eigenvalue weighted by Crippen LogP contribution is 2.35. The Labute approximate surface area is 232 Å². The maximum atomic E-state index is 13.7. The molecule has 0 N–H and O–H groups in total. The number of benzene rings is 2. The summed E-state index contributed by atoms with van der Waals surface area (Å²) in [5.74, 6) is -0.598. The first-order valence-electron chi connectivity index (χ1n) is 13.6. The zero-order valence-corrected chi connectivity index (χ0v) is 23.0. The maximum absolute atomic E-state index is 13.7. The Balaban J connectivity index is 1.20. The molecule has 39 heavy (non-hydrogen) atoms. The van der Waals surface area contributed by atoms with Gasteiger partial charge in [-0.2, -0.15) is 0 Å². The number of fused-ring (bicyclic) bond motifs is 1. The lowest BCUT2D eigenvalue weighted by molar-refractivity contribution is -0.147. The topological polar surface area (TPSA) is 83.1 Å². The number of rotatable bonds is 5. The molecular weight excluding hydrogens is 512 g/mol. The summed E-state index contributed by atoms with van der Waals surface area (Å²) in [6.45, 7) is 6.61. The average molecular weight is 545 g/mol. The zero-order valence-electron chi connectivity index (χ0n) is 22.2. The minimum absolute atomic E-state index is 0.0195. The molecule has 2 saturated heterocycles. The number of hydrogen-bond acceptors (Lipinski definition) is 7. The highest BCUT2D eigenvalue weighted by molar-refractivity contribution is 7.10. The minimum Gasteiger partial charge on any atom is -0.372 e. The van der Waals surface area contributed by atoms with E-state index in [1.54, 1.807) is 6.07 Å². The summed E-state index contributed by atoms with van der Waals surface area (Å²) in [4.78, 5) is 50.5. The van der Waals surface area contributed by atoms with E-state index in [0.717, 1.165) is 36.3 Å². The van der Waals surface area contributed by atoms with Gasteiger partial charge in [-0.25, -0.2) is 4.98 Å². The van der Waals surface area contributed by atoms with Crippen molar-refractivity contribution in [3.63, 3.8) is 0 Å². The van der Waals surface area contributed by atoms with Crippen LogP contribution in [0.2, 0.25) is 0 Å². The summed E-state index contributed by atoms with van der Waals surface area (Å²) < 4.78 is 5.81. The van der Waals surface area contributed by atoms with Crippen LogP contribution >= 0.6 is 11.3 Å². The van der Waals surface area contributed by atoms with Crippen molar-refractivity contribution in [1.29, 1.82) is 0 Å². The van der Waals surface area contributed by atoms with Crippen LogP contribution in [0.4, 0.5) is 5.69 Å². The molecule has 2 fully saturated rings. The summed E-state index contributed by atoms with van der Waals surface area (Å²) >= 11 is 1.44. The second-order valence-electron chi connectivity index (χ2n) is 10.7. The predicted octanol–water partition coefficient (Wildman–Crippen LogP) is 4.46. The second kappa shape index (κ2) is 10.5. The highest BCUT2D eigenvalue weighted by atomic mass is 32.1. The van der Waals surface area contributed by atoms with Gasteiger partial charge in [0.15, 0.2) is 0 Å². The van der Waals surface area contributed by atoms with Gasteiger partial charge >= 0.3 is 0 Å². The van der Waals surface area contributed by atoms with E-state index in [1.165, 1.54) is 16.2 Å². The van der Waals surface area contributed by atoms with Crippen LogP contribution in [0.25, 0.3) is 11.3 Å². The lowest BCUT2D eigenvalue weighted by Crippen LogP contribution is -2.52. The number of piperidine rings is 1. The van der Waals surface area contributed by atoms with Crippen molar-refractivity contribution in [3.05, 3.63) is 70.0 Å². The first-order chi connectivity index (χ1) is 18.9. The van der Waals surface area contributed by atoms with Crippen LogP contribution in [0, 0.1) is 5.92 Å². The summed E-state index contributed by atoms with van der Waals surface area (Å²) in [5.41, 5.74) is 3.42. The lowest BCUT2D eigenvalue weighted by Gasteiger charge is -2.40. The number of imide groups is 1. The van der Waals surface area contributed by atoms with Crippen molar-refractivity contribution in [3.8, 4) is 11.3 Å². The summed E-state index contributed by atoms with van der Waals surface area (Å²) in [6.07, 6.45) is 1.71.